The van der Waals surface area contributed by atoms with E-state index in [9.17, 15) is 20.1 Å². The Labute approximate surface area is 279 Å². The molecule has 2 aliphatic rings. The van der Waals surface area contributed by atoms with E-state index in [4.69, 9.17) is 33.5 Å². The topological polar surface area (TPSA) is 146 Å². The van der Waals surface area contributed by atoms with Crippen LogP contribution in [0.1, 0.15) is 60.3 Å². The highest BCUT2D eigenvalue weighted by Crippen LogP contribution is 2.68. The van der Waals surface area contributed by atoms with Gasteiger partial charge in [-0.15, -0.1) is 0 Å². The van der Waals surface area contributed by atoms with Gasteiger partial charge in [-0.05, 0) is 39.7 Å². The van der Waals surface area contributed by atoms with Gasteiger partial charge in [0.1, 0.15) is 12.7 Å². The van der Waals surface area contributed by atoms with Crippen LogP contribution < -0.4 is 9.47 Å². The lowest BCUT2D eigenvalue weighted by Gasteiger charge is -2.18. The van der Waals surface area contributed by atoms with Crippen LogP contribution >= 0.6 is 47.0 Å². The number of unbranched alkanes of at least 4 members (excludes halogenated alkanes) is 2. The van der Waals surface area contributed by atoms with Crippen LogP contribution in [0.15, 0.2) is 51.2 Å². The van der Waals surface area contributed by atoms with Gasteiger partial charge in [0.25, 0.3) is 5.95 Å². The first-order chi connectivity index (χ1) is 21.9. The third-order valence-corrected chi connectivity index (χ3v) is 11.0. The molecule has 242 valence electrons. The predicted octanol–water partition coefficient (Wildman–Crippen LogP) is 8.46. The summed E-state index contributed by atoms with van der Waals surface area (Å²) in [6.07, 6.45) is 4.01. The van der Waals surface area contributed by atoms with Gasteiger partial charge < -0.3 is 23.7 Å². The monoisotopic (exact) mass is 694 g/mol. The molecule has 2 heterocycles. The van der Waals surface area contributed by atoms with Crippen LogP contribution in [-0.4, -0.2) is 45.2 Å². The number of nitriles is 2. The maximum atomic E-state index is 12.9. The molecule has 1 aromatic carbocycles. The van der Waals surface area contributed by atoms with Gasteiger partial charge in [-0.3, -0.25) is 0 Å². The van der Waals surface area contributed by atoms with Crippen molar-refractivity contribution in [3.05, 3.63) is 31.6 Å². The summed E-state index contributed by atoms with van der Waals surface area (Å²) in [6.45, 7) is 10.1. The summed E-state index contributed by atoms with van der Waals surface area (Å²) < 4.78 is 29.4. The van der Waals surface area contributed by atoms with Crippen molar-refractivity contribution < 1.29 is 43.0 Å². The van der Waals surface area contributed by atoms with Gasteiger partial charge >= 0.3 is 12.1 Å². The summed E-state index contributed by atoms with van der Waals surface area (Å²) in [5.41, 5.74) is 0.120. The molecule has 45 heavy (non-hydrogen) atoms. The number of ether oxygens (including phenoxy) is 5. The molecule has 3 rings (SSSR count). The van der Waals surface area contributed by atoms with Gasteiger partial charge in [0.2, 0.25) is 0 Å². The Bertz CT molecular complexity index is 1440. The van der Waals surface area contributed by atoms with E-state index in [0.717, 1.165) is 42.8 Å². The first-order valence-electron chi connectivity index (χ1n) is 14.3. The van der Waals surface area contributed by atoms with E-state index in [1.54, 1.807) is 26.8 Å². The molecule has 0 fully saturated rings. The van der Waals surface area contributed by atoms with Crippen LogP contribution in [0.25, 0.3) is 0 Å². The maximum absolute atomic E-state index is 12.9. The maximum Gasteiger partial charge on any atom is 0.513 e. The van der Waals surface area contributed by atoms with E-state index < -0.39 is 12.1 Å². The van der Waals surface area contributed by atoms with E-state index in [-0.39, 0.29) is 37.1 Å². The second-order valence-corrected chi connectivity index (χ2v) is 13.5. The highest BCUT2D eigenvalue weighted by Gasteiger charge is 2.40. The lowest BCUT2D eigenvalue weighted by Crippen LogP contribution is -2.13. The summed E-state index contributed by atoms with van der Waals surface area (Å²) in [6, 6.07) is 4.12. The molecule has 15 heteroatoms. The molecule has 0 bridgehead atoms. The Morgan fingerprint density at radius 1 is 0.733 bits per heavy atom. The zero-order valence-corrected chi connectivity index (χ0v) is 28.9. The number of hydrogen-bond donors (Lipinski definition) is 0. The Kier molecular flexibility index (Phi) is 15.4. The van der Waals surface area contributed by atoms with Crippen LogP contribution in [0.3, 0.4) is 0 Å². The fourth-order valence-electron chi connectivity index (χ4n) is 3.51. The minimum Gasteiger partial charge on any atom is -0.465 e. The van der Waals surface area contributed by atoms with Crippen molar-refractivity contribution in [3.63, 3.8) is 0 Å². The molecule has 0 N–H and O–H groups in total. The van der Waals surface area contributed by atoms with Crippen LogP contribution in [-0.2, 0) is 28.8 Å². The first kappa shape index (κ1) is 36.5. The zero-order chi connectivity index (χ0) is 32.8. The summed E-state index contributed by atoms with van der Waals surface area (Å²) in [7, 11) is 0. The van der Waals surface area contributed by atoms with Crippen LogP contribution in [0.4, 0.5) is 4.79 Å². The van der Waals surface area contributed by atoms with E-state index in [2.05, 4.69) is 6.07 Å². The van der Waals surface area contributed by atoms with Gasteiger partial charge in [-0.25, -0.2) is 19.4 Å². The Morgan fingerprint density at radius 3 is 1.82 bits per heavy atom. The number of rotatable bonds is 16. The second-order valence-electron chi connectivity index (χ2n) is 8.89. The zero-order valence-electron chi connectivity index (χ0n) is 25.6. The molecule has 2 aliphatic heterocycles. The molecule has 0 radical (unpaired) electrons. The van der Waals surface area contributed by atoms with Crippen LogP contribution in [0.2, 0.25) is 0 Å². The predicted molar refractivity (Wildman–Crippen MR) is 171 cm³/mol. The highest BCUT2D eigenvalue weighted by atomic mass is 32.2. The lowest BCUT2D eigenvalue weighted by molar-refractivity contribution is -0.283. The summed E-state index contributed by atoms with van der Waals surface area (Å²) in [5.74, 6) is 0.00303. The minimum absolute atomic E-state index is 0.0938. The van der Waals surface area contributed by atoms with Gasteiger partial charge in [-0.1, -0.05) is 73.7 Å². The minimum atomic E-state index is -0.907. The van der Waals surface area contributed by atoms with Crippen molar-refractivity contribution in [2.45, 2.75) is 79.9 Å². The normalized spacial score (nSPS) is 15.8. The molecular formula is C30H34N2O9S4. The summed E-state index contributed by atoms with van der Waals surface area (Å²) in [4.78, 5) is 37.7. The van der Waals surface area contributed by atoms with Crippen LogP contribution in [0.5, 0.6) is 11.5 Å². The van der Waals surface area contributed by atoms with Gasteiger partial charge in [0.05, 0.1) is 66.1 Å². The average Bonchev–Trinajstić information content (AvgIpc) is 3.66. The molecule has 0 saturated heterocycles. The highest BCUT2D eigenvalue weighted by molar-refractivity contribution is 8.26. The first-order valence-corrected chi connectivity index (χ1v) is 17.6. The smallest absolute Gasteiger partial charge is 0.465 e. The third-order valence-electron chi connectivity index (χ3n) is 5.68. The summed E-state index contributed by atoms with van der Waals surface area (Å²) in [5, 5.41) is 19.8. The average molecular weight is 695 g/mol. The fraction of sp³-hybridized carbons (Fsp3) is 0.467. The molecule has 0 unspecified atom stereocenters. The summed E-state index contributed by atoms with van der Waals surface area (Å²) >= 11 is 4.66. The van der Waals surface area contributed by atoms with Gasteiger partial charge in [-0.2, -0.15) is 10.5 Å². The number of allylic oxidation sites excluding steroid dienone is 1. The molecule has 0 aliphatic carbocycles. The quantitative estimate of drug-likeness (QED) is 0.0238. The number of benzene rings is 1. The molecule has 11 nitrogen and oxygen atoms in total. The molecule has 0 spiro atoms. The largest absolute Gasteiger partial charge is 0.513 e. The number of thioether (sulfide) groups is 4. The SMILES string of the molecule is C/C=C(\OCCCC)Oc1c2c(c(OC(=O)OCCCC)c3c1S/C(=C(/C#N)COOCC)S3)S/C(=C(/C#N)C(=O)OCC)S2. The Hall–Kier alpha value is -2.92. The van der Waals surface area contributed by atoms with Gasteiger partial charge in [0, 0.05) is 0 Å². The number of hydrogen-bond acceptors (Lipinski definition) is 15. The second kappa shape index (κ2) is 18.9. The van der Waals surface area contributed by atoms with Crippen molar-refractivity contribution >= 4 is 59.2 Å². The van der Waals surface area contributed by atoms with Crippen molar-refractivity contribution in [3.8, 4) is 23.6 Å². The van der Waals surface area contributed by atoms with E-state index in [1.807, 2.05) is 19.9 Å². The molecule has 0 atom stereocenters. The number of carbonyl (C=O) groups excluding carboxylic acids is 2. The standard InChI is InChI=1S/C30H34N2O9S4/c1-6-11-13-36-20(8-3)40-21-23-25(43-28(42-23)18(15-31)17-39-38-10-5)22(41-30(34)37-14-12-7-2)26-24(21)44-29(45-26)19(16-32)27(33)35-9-4/h8H,6-7,9-14,17H2,1-5H3/b20-8+,28-18+,29-19-. The molecular weight excluding hydrogens is 661 g/mol. The lowest BCUT2D eigenvalue weighted by atomic mass is 10.3. The Morgan fingerprint density at radius 2 is 1.31 bits per heavy atom. The third kappa shape index (κ3) is 9.54. The molecule has 0 amide bonds. The number of nitrogens with zero attached hydrogens (tertiary/aromatic N) is 2. The van der Waals surface area contributed by atoms with E-state index >= 15 is 0 Å². The number of esters is 1. The Balaban J connectivity index is 2.22. The van der Waals surface area contributed by atoms with Crippen molar-refractivity contribution in [2.24, 2.45) is 0 Å². The fourth-order valence-corrected chi connectivity index (χ4v) is 8.82. The van der Waals surface area contributed by atoms with E-state index in [1.165, 1.54) is 23.5 Å². The van der Waals surface area contributed by atoms with Crippen molar-refractivity contribution in [1.29, 1.82) is 10.5 Å². The molecule has 0 aromatic heterocycles. The van der Waals surface area contributed by atoms with Gasteiger partial charge in [0.15, 0.2) is 17.1 Å². The van der Waals surface area contributed by atoms with Crippen molar-refractivity contribution in [1.82, 2.24) is 0 Å². The van der Waals surface area contributed by atoms with E-state index in [0.29, 0.717) is 59.0 Å². The van der Waals surface area contributed by atoms with Crippen LogP contribution in [0, 0.1) is 22.7 Å². The molecule has 0 saturated carbocycles. The number of fused-ring (bicyclic) bond motifs is 2. The van der Waals surface area contributed by atoms with Crippen molar-refractivity contribution in [2.75, 3.05) is 33.0 Å². The number of carbonyl (C=O) groups is 2. The molecule has 1 aromatic rings.